The lowest BCUT2D eigenvalue weighted by atomic mass is 9.89. The Hall–Kier alpha value is -3.27. The zero-order chi connectivity index (χ0) is 28.3. The van der Waals surface area contributed by atoms with Gasteiger partial charge in [-0.25, -0.2) is 25.4 Å². The number of benzene rings is 2. The van der Waals surface area contributed by atoms with Gasteiger partial charge in [0.25, 0.3) is 5.82 Å². The molecule has 0 aliphatic carbocycles. The zero-order valence-electron chi connectivity index (χ0n) is 21.0. The van der Waals surface area contributed by atoms with Gasteiger partial charge in [0.2, 0.25) is 26.0 Å². The van der Waals surface area contributed by atoms with Crippen molar-refractivity contribution in [1.29, 1.82) is 0 Å². The number of alkyl halides is 3. The predicted molar refractivity (Wildman–Crippen MR) is 134 cm³/mol. The molecule has 4 rings (SSSR count). The molecule has 0 bridgehead atoms. The lowest BCUT2D eigenvalue weighted by Crippen LogP contribution is -2.35. The number of rotatable bonds is 6. The number of sulfonamides is 2. The number of hydrogen-bond donors (Lipinski definition) is 1. The second-order valence-corrected chi connectivity index (χ2v) is 13.5. The maximum Gasteiger partial charge on any atom is 0.453 e. The highest BCUT2D eigenvalue weighted by Crippen LogP contribution is 2.39. The third-order valence-electron chi connectivity index (χ3n) is 6.05. The Morgan fingerprint density at radius 2 is 1.32 bits per heavy atom. The van der Waals surface area contributed by atoms with Crippen LogP contribution in [0.2, 0.25) is 0 Å². The molecule has 1 aliphatic heterocycles. The fourth-order valence-corrected chi connectivity index (χ4v) is 5.64. The van der Waals surface area contributed by atoms with Crippen molar-refractivity contribution in [2.45, 2.75) is 28.4 Å². The van der Waals surface area contributed by atoms with Crippen LogP contribution in [-0.4, -0.2) is 68.4 Å². The molecule has 0 saturated heterocycles. The highest BCUT2D eigenvalue weighted by molar-refractivity contribution is 7.89. The van der Waals surface area contributed by atoms with Crippen LogP contribution in [0.1, 0.15) is 23.9 Å². The van der Waals surface area contributed by atoms with E-state index in [0.717, 1.165) is 13.3 Å². The highest BCUT2D eigenvalue weighted by Gasteiger charge is 2.41. The number of nitrogens with zero attached hydrogens (tertiary/aromatic N) is 5. The van der Waals surface area contributed by atoms with Crippen molar-refractivity contribution >= 4 is 31.7 Å². The molecule has 1 N–H and O–H groups in total. The molecule has 10 nitrogen and oxygen atoms in total. The lowest BCUT2D eigenvalue weighted by Gasteiger charge is -2.34. The van der Waals surface area contributed by atoms with Gasteiger partial charge in [-0.15, -0.1) is 5.10 Å². The standard InChI is InChI=1S/C23H25F3N6O4S2/c1-22(16-8-12-18(13-9-16)38(35,36)31(4)5)14-19(32-21(28-22)27-20(29-32)23(24,25)26)15-6-10-17(11-7-15)37(33,34)30(2)3/h6-14H,1-5H3,(H,27,28,29). The average molecular weight is 571 g/mol. The quantitative estimate of drug-likeness (QED) is 0.484. The van der Waals surface area contributed by atoms with Gasteiger partial charge < -0.3 is 5.32 Å². The van der Waals surface area contributed by atoms with Crippen molar-refractivity contribution in [2.75, 3.05) is 33.5 Å². The Kier molecular flexibility index (Phi) is 6.71. The normalized spacial score (nSPS) is 18.3. The van der Waals surface area contributed by atoms with E-state index >= 15 is 0 Å². The molecule has 1 aliphatic rings. The third kappa shape index (κ3) is 4.81. The minimum atomic E-state index is -4.81. The molecular weight excluding hydrogens is 545 g/mol. The van der Waals surface area contributed by atoms with Gasteiger partial charge in [-0.05, 0) is 42.8 Å². The van der Waals surface area contributed by atoms with E-state index in [2.05, 4.69) is 15.4 Å². The van der Waals surface area contributed by atoms with E-state index in [-0.39, 0.29) is 21.4 Å². The Morgan fingerprint density at radius 1 is 0.842 bits per heavy atom. The van der Waals surface area contributed by atoms with Crippen LogP contribution in [-0.2, 0) is 31.8 Å². The maximum absolute atomic E-state index is 13.5. The number of fused-ring (bicyclic) bond motifs is 1. The SMILES string of the molecule is CN(C)S(=O)(=O)c1ccc(C2=CC(C)(c3ccc(S(=O)(=O)N(C)C)cc3)Nc3nc(C(F)(F)F)nn32)cc1. The summed E-state index contributed by atoms with van der Waals surface area (Å²) in [5.41, 5.74) is 0.0308. The molecule has 0 spiro atoms. The summed E-state index contributed by atoms with van der Waals surface area (Å²) in [6.45, 7) is 1.69. The molecule has 204 valence electrons. The summed E-state index contributed by atoms with van der Waals surface area (Å²) in [5, 5.41) is 6.61. The fraction of sp³-hybridized carbons (Fsp3) is 0.304. The van der Waals surface area contributed by atoms with Crippen molar-refractivity contribution < 1.29 is 30.0 Å². The first-order chi connectivity index (χ1) is 17.5. The molecule has 0 amide bonds. The monoisotopic (exact) mass is 570 g/mol. The van der Waals surface area contributed by atoms with Gasteiger partial charge in [-0.3, -0.25) is 0 Å². The smallest absolute Gasteiger partial charge is 0.341 e. The summed E-state index contributed by atoms with van der Waals surface area (Å²) in [4.78, 5) is 3.71. The van der Waals surface area contributed by atoms with Crippen LogP contribution in [0.25, 0.3) is 5.70 Å². The molecular formula is C23H25F3N6O4S2. The van der Waals surface area contributed by atoms with Gasteiger partial charge in [-0.2, -0.15) is 22.8 Å². The molecule has 1 aromatic heterocycles. The summed E-state index contributed by atoms with van der Waals surface area (Å²) in [6, 6.07) is 11.6. The second-order valence-electron chi connectivity index (χ2n) is 9.15. The van der Waals surface area contributed by atoms with Crippen molar-refractivity contribution in [2.24, 2.45) is 0 Å². The van der Waals surface area contributed by atoms with Gasteiger partial charge in [0, 0.05) is 33.8 Å². The Labute approximate surface area is 218 Å². The minimum Gasteiger partial charge on any atom is -0.341 e. The molecule has 15 heteroatoms. The van der Waals surface area contributed by atoms with Gasteiger partial charge in [0.1, 0.15) is 0 Å². The number of hydrogen-bond acceptors (Lipinski definition) is 7. The average Bonchev–Trinajstić information content (AvgIpc) is 3.28. The van der Waals surface area contributed by atoms with Crippen LogP contribution < -0.4 is 5.32 Å². The molecule has 0 saturated carbocycles. The first-order valence-electron chi connectivity index (χ1n) is 11.1. The van der Waals surface area contributed by atoms with Crippen molar-refractivity contribution in [1.82, 2.24) is 23.4 Å². The zero-order valence-corrected chi connectivity index (χ0v) is 22.6. The van der Waals surface area contributed by atoms with Crippen LogP contribution in [0.4, 0.5) is 19.1 Å². The Bertz CT molecular complexity index is 1610. The summed E-state index contributed by atoms with van der Waals surface area (Å²) in [6.07, 6.45) is -3.18. The first-order valence-corrected chi connectivity index (χ1v) is 14.0. The number of nitrogens with one attached hydrogen (secondary N) is 1. The molecule has 2 aromatic carbocycles. The third-order valence-corrected chi connectivity index (χ3v) is 9.71. The van der Waals surface area contributed by atoms with Crippen LogP contribution in [0, 0.1) is 0 Å². The van der Waals surface area contributed by atoms with Gasteiger partial charge in [-0.1, -0.05) is 24.3 Å². The van der Waals surface area contributed by atoms with Crippen molar-refractivity contribution in [3.8, 4) is 0 Å². The largest absolute Gasteiger partial charge is 0.453 e. The lowest BCUT2D eigenvalue weighted by molar-refractivity contribution is -0.144. The number of anilines is 1. The van der Waals surface area contributed by atoms with E-state index in [1.54, 1.807) is 25.1 Å². The van der Waals surface area contributed by atoms with Gasteiger partial charge in [0.05, 0.1) is 21.0 Å². The van der Waals surface area contributed by atoms with Gasteiger partial charge in [0.15, 0.2) is 0 Å². The molecule has 0 radical (unpaired) electrons. The summed E-state index contributed by atoms with van der Waals surface area (Å²) in [7, 11) is -1.82. The maximum atomic E-state index is 13.5. The molecule has 1 atom stereocenters. The summed E-state index contributed by atoms with van der Waals surface area (Å²) >= 11 is 0. The van der Waals surface area contributed by atoms with Crippen LogP contribution in [0.3, 0.4) is 0 Å². The number of halogens is 3. The molecule has 0 fully saturated rings. The van der Waals surface area contributed by atoms with E-state index in [1.807, 2.05) is 0 Å². The molecule has 38 heavy (non-hydrogen) atoms. The summed E-state index contributed by atoms with van der Waals surface area (Å²) in [5.74, 6) is -1.54. The highest BCUT2D eigenvalue weighted by atomic mass is 32.2. The second kappa shape index (κ2) is 9.18. The Balaban J connectivity index is 1.85. The van der Waals surface area contributed by atoms with E-state index < -0.39 is 37.6 Å². The van der Waals surface area contributed by atoms with Crippen LogP contribution in [0.5, 0.6) is 0 Å². The van der Waals surface area contributed by atoms with E-state index in [4.69, 9.17) is 0 Å². The minimum absolute atomic E-state index is 0.0102. The van der Waals surface area contributed by atoms with Gasteiger partial charge >= 0.3 is 6.18 Å². The molecule has 3 aromatic rings. The number of aromatic nitrogens is 3. The topological polar surface area (TPSA) is 118 Å². The van der Waals surface area contributed by atoms with E-state index in [1.165, 1.54) is 64.6 Å². The van der Waals surface area contributed by atoms with E-state index in [0.29, 0.717) is 11.1 Å². The van der Waals surface area contributed by atoms with Crippen molar-refractivity contribution in [3.63, 3.8) is 0 Å². The van der Waals surface area contributed by atoms with Crippen LogP contribution in [0.15, 0.2) is 64.4 Å². The fourth-order valence-electron chi connectivity index (χ4n) is 3.84. The van der Waals surface area contributed by atoms with E-state index in [9.17, 15) is 30.0 Å². The first kappa shape index (κ1) is 27.8. The predicted octanol–water partition coefficient (Wildman–Crippen LogP) is 3.03. The Morgan fingerprint density at radius 3 is 1.76 bits per heavy atom. The van der Waals surface area contributed by atoms with Crippen molar-refractivity contribution in [3.05, 3.63) is 71.6 Å². The molecule has 1 unspecified atom stereocenters. The summed E-state index contributed by atoms with van der Waals surface area (Å²) < 4.78 is 93.4. The molecule has 2 heterocycles. The van der Waals surface area contributed by atoms with Crippen LogP contribution >= 0.6 is 0 Å².